The Morgan fingerprint density at radius 3 is 0.792 bits per heavy atom. The first-order valence-electron chi connectivity index (χ1n) is 23.9. The molecule has 0 aliphatic heterocycles. The summed E-state index contributed by atoms with van der Waals surface area (Å²) in [5.41, 5.74) is 1.04. The van der Waals surface area contributed by atoms with Crippen LogP contribution < -0.4 is 14.2 Å². The minimum atomic E-state index is 0.447. The van der Waals surface area contributed by atoms with Gasteiger partial charge in [0.05, 0.1) is 19.8 Å². The van der Waals surface area contributed by atoms with Crippen LogP contribution in [0.5, 0.6) is 17.2 Å². The lowest BCUT2D eigenvalue weighted by Gasteiger charge is -2.18. The van der Waals surface area contributed by atoms with Crippen molar-refractivity contribution in [3.05, 3.63) is 17.7 Å². The van der Waals surface area contributed by atoms with Crippen LogP contribution in [0.15, 0.2) is 12.1 Å². The van der Waals surface area contributed by atoms with Gasteiger partial charge in [-0.3, -0.25) is 0 Å². The third-order valence-electron chi connectivity index (χ3n) is 11.0. The van der Waals surface area contributed by atoms with E-state index in [1.165, 1.54) is 212 Å². The molecule has 0 N–H and O–H groups in total. The Balaban J connectivity index is 2.48. The first-order chi connectivity index (χ1) is 26.3. The molecule has 0 amide bonds. The van der Waals surface area contributed by atoms with E-state index in [0.717, 1.165) is 55.3 Å². The fraction of sp³-hybridized carbons (Fsp3) is 0.878. The van der Waals surface area contributed by atoms with Crippen LogP contribution in [0, 0.1) is 0 Å². The predicted octanol–water partition coefficient (Wildman–Crippen LogP) is 17.7. The van der Waals surface area contributed by atoms with E-state index in [2.05, 4.69) is 32.9 Å². The van der Waals surface area contributed by atoms with E-state index in [0.29, 0.717) is 12.5 Å². The highest BCUT2D eigenvalue weighted by Gasteiger charge is 2.16. The molecule has 0 aromatic heterocycles. The van der Waals surface area contributed by atoms with Crippen molar-refractivity contribution in [3.63, 3.8) is 0 Å². The highest BCUT2D eigenvalue weighted by molar-refractivity contribution is 6.17. The van der Waals surface area contributed by atoms with Crippen molar-refractivity contribution >= 4 is 11.6 Å². The number of benzene rings is 1. The fourth-order valence-electron chi connectivity index (χ4n) is 7.43. The number of halogens is 1. The van der Waals surface area contributed by atoms with Crippen LogP contribution in [0.3, 0.4) is 0 Å². The molecule has 0 unspecified atom stereocenters. The number of ether oxygens (including phenoxy) is 3. The summed E-state index contributed by atoms with van der Waals surface area (Å²) in [5, 5.41) is 0. The number of alkyl halides is 1. The smallest absolute Gasteiger partial charge is 0.203 e. The van der Waals surface area contributed by atoms with Crippen molar-refractivity contribution < 1.29 is 14.2 Å². The predicted molar refractivity (Wildman–Crippen MR) is 236 cm³/mol. The van der Waals surface area contributed by atoms with Gasteiger partial charge in [-0.25, -0.2) is 0 Å². The Morgan fingerprint density at radius 1 is 0.321 bits per heavy atom. The zero-order chi connectivity index (χ0) is 38.1. The third-order valence-corrected chi connectivity index (χ3v) is 11.3. The Labute approximate surface area is 337 Å². The number of unbranched alkanes of at least 4 members (excludes halogenated alkanes) is 33. The lowest BCUT2D eigenvalue weighted by atomic mass is 10.1. The molecule has 53 heavy (non-hydrogen) atoms. The molecule has 1 aromatic rings. The Morgan fingerprint density at radius 2 is 0.547 bits per heavy atom. The quantitative estimate of drug-likeness (QED) is 0.0490. The average Bonchev–Trinajstić information content (AvgIpc) is 3.17. The molecule has 0 aliphatic rings. The second kappa shape index (κ2) is 40.6. The van der Waals surface area contributed by atoms with Crippen LogP contribution in [-0.4, -0.2) is 19.8 Å². The summed E-state index contributed by atoms with van der Waals surface area (Å²) in [5.74, 6) is 2.87. The van der Waals surface area contributed by atoms with Crippen molar-refractivity contribution in [3.8, 4) is 17.2 Å². The molecule has 0 aliphatic carbocycles. The molecule has 0 bridgehead atoms. The van der Waals surface area contributed by atoms with E-state index >= 15 is 0 Å². The lowest BCUT2D eigenvalue weighted by molar-refractivity contribution is 0.234. The first-order valence-corrected chi connectivity index (χ1v) is 24.4. The second-order valence-electron chi connectivity index (χ2n) is 16.3. The Hall–Kier alpha value is -1.09. The van der Waals surface area contributed by atoms with Gasteiger partial charge in [0.25, 0.3) is 0 Å². The summed E-state index contributed by atoms with van der Waals surface area (Å²) in [6.45, 7) is 9.03. The molecule has 0 spiro atoms. The molecular formula is C49H91ClO3. The lowest BCUT2D eigenvalue weighted by Crippen LogP contribution is -2.07. The van der Waals surface area contributed by atoms with Crippen molar-refractivity contribution in [2.24, 2.45) is 0 Å². The van der Waals surface area contributed by atoms with Crippen molar-refractivity contribution in [1.82, 2.24) is 0 Å². The average molecular weight is 764 g/mol. The van der Waals surface area contributed by atoms with E-state index in [-0.39, 0.29) is 0 Å². The van der Waals surface area contributed by atoms with E-state index in [1.807, 2.05) is 0 Å². The van der Waals surface area contributed by atoms with Gasteiger partial charge in [0.2, 0.25) is 5.75 Å². The van der Waals surface area contributed by atoms with Gasteiger partial charge < -0.3 is 14.2 Å². The van der Waals surface area contributed by atoms with Gasteiger partial charge in [-0.1, -0.05) is 233 Å². The standard InChI is InChI=1S/C49H91ClO3/c1-4-7-10-13-16-19-22-25-28-31-34-37-40-51-47-43-46(45-50)44-48(52-41-38-35-32-29-26-23-20-17-14-11-8-5-2)49(47)53-42-39-36-33-30-27-24-21-18-15-12-9-6-3/h43-44H,4-42,45H2,1-3H3. The minimum Gasteiger partial charge on any atom is -0.490 e. The van der Waals surface area contributed by atoms with Gasteiger partial charge >= 0.3 is 0 Å². The topological polar surface area (TPSA) is 27.7 Å². The maximum Gasteiger partial charge on any atom is 0.203 e. The molecule has 312 valence electrons. The van der Waals surface area contributed by atoms with Gasteiger partial charge in [-0.05, 0) is 37.0 Å². The number of hydrogen-bond acceptors (Lipinski definition) is 3. The highest BCUT2D eigenvalue weighted by atomic mass is 35.5. The molecule has 0 atom stereocenters. The van der Waals surface area contributed by atoms with E-state index in [4.69, 9.17) is 25.8 Å². The summed E-state index contributed by atoms with van der Waals surface area (Å²) >= 11 is 6.38. The Kier molecular flexibility index (Phi) is 38.2. The largest absolute Gasteiger partial charge is 0.490 e. The van der Waals surface area contributed by atoms with Gasteiger partial charge in [0, 0.05) is 5.88 Å². The van der Waals surface area contributed by atoms with Crippen molar-refractivity contribution in [1.29, 1.82) is 0 Å². The third kappa shape index (κ3) is 31.8. The van der Waals surface area contributed by atoms with Crippen LogP contribution in [0.25, 0.3) is 0 Å². The zero-order valence-corrected chi connectivity index (χ0v) is 36.8. The van der Waals surface area contributed by atoms with Crippen LogP contribution >= 0.6 is 11.6 Å². The normalized spacial score (nSPS) is 11.4. The zero-order valence-electron chi connectivity index (χ0n) is 36.0. The molecule has 0 fully saturated rings. The van der Waals surface area contributed by atoms with Gasteiger partial charge in [0.1, 0.15) is 0 Å². The number of hydrogen-bond donors (Lipinski definition) is 0. The maximum absolute atomic E-state index is 6.49. The highest BCUT2D eigenvalue weighted by Crippen LogP contribution is 2.40. The van der Waals surface area contributed by atoms with Crippen LogP contribution in [-0.2, 0) is 5.88 Å². The molecule has 1 aromatic carbocycles. The molecule has 0 saturated carbocycles. The summed E-state index contributed by atoms with van der Waals surface area (Å²) < 4.78 is 19.4. The van der Waals surface area contributed by atoms with Crippen LogP contribution in [0.2, 0.25) is 0 Å². The van der Waals surface area contributed by atoms with Crippen molar-refractivity contribution in [2.75, 3.05) is 19.8 Å². The number of rotatable bonds is 43. The second-order valence-corrected chi connectivity index (χ2v) is 16.5. The van der Waals surface area contributed by atoms with E-state index in [9.17, 15) is 0 Å². The van der Waals surface area contributed by atoms with E-state index in [1.54, 1.807) is 0 Å². The summed E-state index contributed by atoms with van der Waals surface area (Å²) in [7, 11) is 0. The molecule has 4 heteroatoms. The molecule has 0 saturated heterocycles. The van der Waals surface area contributed by atoms with Crippen molar-refractivity contribution in [2.45, 2.75) is 258 Å². The van der Waals surface area contributed by atoms with Crippen LogP contribution in [0.4, 0.5) is 0 Å². The summed E-state index contributed by atoms with van der Waals surface area (Å²) in [4.78, 5) is 0. The first kappa shape index (κ1) is 49.9. The summed E-state index contributed by atoms with van der Waals surface area (Å²) in [6, 6.07) is 4.17. The van der Waals surface area contributed by atoms with Gasteiger partial charge in [-0.15, -0.1) is 11.6 Å². The van der Waals surface area contributed by atoms with E-state index < -0.39 is 0 Å². The van der Waals surface area contributed by atoms with Crippen LogP contribution in [0.1, 0.15) is 257 Å². The molecule has 3 nitrogen and oxygen atoms in total. The molecule has 1 rings (SSSR count). The van der Waals surface area contributed by atoms with Gasteiger partial charge in [-0.2, -0.15) is 0 Å². The van der Waals surface area contributed by atoms with Gasteiger partial charge in [0.15, 0.2) is 11.5 Å². The Bertz CT molecular complexity index is 822. The molecule has 0 radical (unpaired) electrons. The fourth-order valence-corrected chi connectivity index (χ4v) is 7.59. The molecule has 0 heterocycles. The summed E-state index contributed by atoms with van der Waals surface area (Å²) in [6.07, 6.45) is 48.4. The molecular weight excluding hydrogens is 672 g/mol. The SMILES string of the molecule is CCCCCCCCCCCCCCOc1cc(CCl)cc(OCCCCCCCCCCCCCC)c1OCCCCCCCCCCCCCC. The minimum absolute atomic E-state index is 0.447. The maximum atomic E-state index is 6.49. The monoisotopic (exact) mass is 763 g/mol.